The van der Waals surface area contributed by atoms with E-state index in [9.17, 15) is 9.18 Å². The molecule has 4 heteroatoms. The second-order valence-electron chi connectivity index (χ2n) is 11.0. The van der Waals surface area contributed by atoms with Crippen LogP contribution in [0.5, 0.6) is 5.75 Å². The number of nitrogens with zero attached hydrogens (tertiary/aromatic N) is 1. The van der Waals surface area contributed by atoms with Gasteiger partial charge in [-0.25, -0.2) is 4.39 Å². The average Bonchev–Trinajstić information content (AvgIpc) is 2.83. The molecule has 0 saturated heterocycles. The third kappa shape index (κ3) is 5.97. The standard InChI is InChI=1S/C29H40FNO2/c1-2-3-4-5-6-7-20-8-14-26-21(16-20)9-10-22-17-23(12-15-27(22)26)29(32)33-25-13-11-24(19-31)28(30)18-25/h11,13,18,20-23,26-27H,2-10,12,14-17H2,1H3/t20?,21?,22-,23-,26?,27+/m1/s1. The summed E-state index contributed by atoms with van der Waals surface area (Å²) in [5.41, 5.74) is -0.0294. The first kappa shape index (κ1) is 24.2. The number of unbranched alkanes of at least 4 members (excludes halogenated alkanes) is 4. The zero-order chi connectivity index (χ0) is 23.2. The SMILES string of the molecule is CCCCCCCC1CCC2C(CC[C@@H]3C[C@H](C(=O)Oc4ccc(C#N)c(F)c4)CC[C@H]23)C1. The topological polar surface area (TPSA) is 50.1 Å². The van der Waals surface area contributed by atoms with Crippen LogP contribution >= 0.6 is 0 Å². The van der Waals surface area contributed by atoms with Crippen LogP contribution in [0.25, 0.3) is 0 Å². The zero-order valence-corrected chi connectivity index (χ0v) is 20.2. The summed E-state index contributed by atoms with van der Waals surface area (Å²) >= 11 is 0. The van der Waals surface area contributed by atoms with E-state index in [2.05, 4.69) is 6.92 Å². The third-order valence-corrected chi connectivity index (χ3v) is 8.98. The van der Waals surface area contributed by atoms with Crippen molar-refractivity contribution >= 4 is 5.97 Å². The number of ether oxygens (including phenoxy) is 1. The number of halogens is 1. The van der Waals surface area contributed by atoms with Crippen molar-refractivity contribution in [2.24, 2.45) is 35.5 Å². The minimum atomic E-state index is -0.638. The van der Waals surface area contributed by atoms with Gasteiger partial charge in [0.25, 0.3) is 0 Å². The normalized spacial score (nSPS) is 31.2. The molecule has 0 N–H and O–H groups in total. The maximum absolute atomic E-state index is 13.9. The van der Waals surface area contributed by atoms with Gasteiger partial charge in [0, 0.05) is 6.07 Å². The summed E-state index contributed by atoms with van der Waals surface area (Å²) in [6.07, 6.45) is 18.2. The Morgan fingerprint density at radius 2 is 1.73 bits per heavy atom. The lowest BCUT2D eigenvalue weighted by Gasteiger charge is -2.50. The lowest BCUT2D eigenvalue weighted by Crippen LogP contribution is -2.42. The number of benzene rings is 1. The molecule has 1 aromatic rings. The maximum Gasteiger partial charge on any atom is 0.314 e. The Balaban J connectivity index is 1.25. The number of fused-ring (bicyclic) bond motifs is 3. The molecule has 3 saturated carbocycles. The van der Waals surface area contributed by atoms with E-state index >= 15 is 0 Å². The molecule has 0 heterocycles. The highest BCUT2D eigenvalue weighted by atomic mass is 19.1. The minimum Gasteiger partial charge on any atom is -0.426 e. The van der Waals surface area contributed by atoms with Gasteiger partial charge in [0.05, 0.1) is 11.5 Å². The molecule has 3 unspecified atom stereocenters. The van der Waals surface area contributed by atoms with Crippen molar-refractivity contribution in [3.63, 3.8) is 0 Å². The van der Waals surface area contributed by atoms with Crippen LogP contribution in [-0.2, 0) is 4.79 Å². The Bertz CT molecular complexity index is 847. The van der Waals surface area contributed by atoms with Crippen LogP contribution in [0.1, 0.15) is 102 Å². The molecule has 1 aromatic carbocycles. The van der Waals surface area contributed by atoms with Gasteiger partial charge in [-0.1, -0.05) is 51.9 Å². The van der Waals surface area contributed by atoms with Crippen molar-refractivity contribution < 1.29 is 13.9 Å². The van der Waals surface area contributed by atoms with Crippen LogP contribution < -0.4 is 4.74 Å². The predicted molar refractivity (Wildman–Crippen MR) is 128 cm³/mol. The van der Waals surface area contributed by atoms with Crippen molar-refractivity contribution in [2.45, 2.75) is 96.8 Å². The molecule has 180 valence electrons. The highest BCUT2D eigenvalue weighted by molar-refractivity contribution is 5.75. The van der Waals surface area contributed by atoms with Gasteiger partial charge in [0.15, 0.2) is 0 Å². The molecule has 0 spiro atoms. The molecule has 3 nitrogen and oxygen atoms in total. The summed E-state index contributed by atoms with van der Waals surface area (Å²) in [5.74, 6) is 3.40. The van der Waals surface area contributed by atoms with E-state index in [4.69, 9.17) is 10.00 Å². The monoisotopic (exact) mass is 453 g/mol. The van der Waals surface area contributed by atoms with Crippen LogP contribution in [0, 0.1) is 52.7 Å². The van der Waals surface area contributed by atoms with Crippen molar-refractivity contribution in [3.8, 4) is 11.8 Å². The summed E-state index contributed by atoms with van der Waals surface area (Å²) in [5, 5.41) is 8.87. The summed E-state index contributed by atoms with van der Waals surface area (Å²) in [6, 6.07) is 5.83. The number of hydrogen-bond acceptors (Lipinski definition) is 3. The van der Waals surface area contributed by atoms with Gasteiger partial charge in [0.1, 0.15) is 17.6 Å². The second kappa shape index (κ2) is 11.5. The first-order valence-electron chi connectivity index (χ1n) is 13.5. The largest absolute Gasteiger partial charge is 0.426 e. The Morgan fingerprint density at radius 3 is 2.45 bits per heavy atom. The first-order chi connectivity index (χ1) is 16.1. The molecule has 3 aliphatic carbocycles. The number of esters is 1. The molecule has 0 aliphatic heterocycles. The van der Waals surface area contributed by atoms with Gasteiger partial charge in [-0.3, -0.25) is 4.79 Å². The van der Waals surface area contributed by atoms with Crippen molar-refractivity contribution in [1.29, 1.82) is 5.26 Å². The van der Waals surface area contributed by atoms with E-state index in [1.54, 1.807) is 6.07 Å². The van der Waals surface area contributed by atoms with Crippen LogP contribution in [0.3, 0.4) is 0 Å². The zero-order valence-electron chi connectivity index (χ0n) is 20.2. The summed E-state index contributed by atoms with van der Waals surface area (Å²) in [4.78, 5) is 12.8. The van der Waals surface area contributed by atoms with Crippen LogP contribution in [0.15, 0.2) is 18.2 Å². The van der Waals surface area contributed by atoms with E-state index in [1.807, 2.05) is 0 Å². The Labute approximate surface area is 199 Å². The van der Waals surface area contributed by atoms with Crippen molar-refractivity contribution in [3.05, 3.63) is 29.6 Å². The smallest absolute Gasteiger partial charge is 0.314 e. The third-order valence-electron chi connectivity index (χ3n) is 8.98. The van der Waals surface area contributed by atoms with Crippen molar-refractivity contribution in [2.75, 3.05) is 0 Å². The Kier molecular flexibility index (Phi) is 8.45. The predicted octanol–water partition coefficient (Wildman–Crippen LogP) is 7.82. The molecule has 33 heavy (non-hydrogen) atoms. The highest BCUT2D eigenvalue weighted by Crippen LogP contribution is 2.54. The van der Waals surface area contributed by atoms with Gasteiger partial charge < -0.3 is 4.74 Å². The average molecular weight is 454 g/mol. The summed E-state index contributed by atoms with van der Waals surface area (Å²) in [7, 11) is 0. The van der Waals surface area contributed by atoms with Crippen molar-refractivity contribution in [1.82, 2.24) is 0 Å². The molecule has 0 amide bonds. The van der Waals surface area contributed by atoms with E-state index in [0.717, 1.165) is 49.0 Å². The van der Waals surface area contributed by atoms with E-state index < -0.39 is 5.82 Å². The van der Waals surface area contributed by atoms with Gasteiger partial charge in [-0.2, -0.15) is 5.26 Å². The highest BCUT2D eigenvalue weighted by Gasteiger charge is 2.45. The van der Waals surface area contributed by atoms with Gasteiger partial charge in [-0.05, 0) is 86.7 Å². The van der Waals surface area contributed by atoms with Gasteiger partial charge in [-0.15, -0.1) is 0 Å². The lowest BCUT2D eigenvalue weighted by molar-refractivity contribution is -0.142. The van der Waals surface area contributed by atoms with Crippen LogP contribution in [0.4, 0.5) is 4.39 Å². The van der Waals surface area contributed by atoms with Gasteiger partial charge in [0.2, 0.25) is 0 Å². The first-order valence-corrected chi connectivity index (χ1v) is 13.5. The number of rotatable bonds is 8. The van der Waals surface area contributed by atoms with Gasteiger partial charge >= 0.3 is 5.97 Å². The Morgan fingerprint density at radius 1 is 1.00 bits per heavy atom. The van der Waals surface area contributed by atoms with Crippen LogP contribution in [-0.4, -0.2) is 5.97 Å². The molecular weight excluding hydrogens is 413 g/mol. The molecule has 0 aromatic heterocycles. The number of carbonyl (C=O) groups excluding carboxylic acids is 1. The summed E-state index contributed by atoms with van der Waals surface area (Å²) < 4.78 is 19.4. The fourth-order valence-electron chi connectivity index (χ4n) is 7.25. The van der Waals surface area contributed by atoms with Crippen LogP contribution in [0.2, 0.25) is 0 Å². The molecule has 6 atom stereocenters. The summed E-state index contributed by atoms with van der Waals surface area (Å²) in [6.45, 7) is 2.28. The Hall–Kier alpha value is -1.89. The molecular formula is C29H40FNO2. The number of hydrogen-bond donors (Lipinski definition) is 0. The quantitative estimate of drug-likeness (QED) is 0.229. The second-order valence-corrected chi connectivity index (χ2v) is 11.0. The molecule has 3 fully saturated rings. The maximum atomic E-state index is 13.9. The lowest BCUT2D eigenvalue weighted by atomic mass is 9.55. The van der Waals surface area contributed by atoms with E-state index in [-0.39, 0.29) is 23.2 Å². The van der Waals surface area contributed by atoms with E-state index in [0.29, 0.717) is 5.92 Å². The fourth-order valence-corrected chi connectivity index (χ4v) is 7.25. The molecule has 4 rings (SSSR count). The minimum absolute atomic E-state index is 0.0294. The van der Waals surface area contributed by atoms with E-state index in [1.165, 1.54) is 82.8 Å². The number of nitriles is 1. The molecule has 0 radical (unpaired) electrons. The molecule has 0 bridgehead atoms. The number of carbonyl (C=O) groups is 1. The fraction of sp³-hybridized carbons (Fsp3) is 0.724. The molecule has 3 aliphatic rings.